The first-order chi connectivity index (χ1) is 7.10. The summed E-state index contributed by atoms with van der Waals surface area (Å²) in [6.07, 6.45) is -2.27. The number of aliphatic hydroxyl groups is 4. The number of hydrogen-bond acceptors (Lipinski definition) is 4. The second-order valence-electron chi connectivity index (χ2n) is 3.54. The highest BCUT2D eigenvalue weighted by Gasteiger charge is 2.17. The lowest BCUT2D eigenvalue weighted by Crippen LogP contribution is -2.22. The van der Waals surface area contributed by atoms with Gasteiger partial charge in [-0.1, -0.05) is 18.2 Å². The molecule has 0 heterocycles. The van der Waals surface area contributed by atoms with E-state index in [9.17, 15) is 10.2 Å². The molecule has 2 atom stereocenters. The summed E-state index contributed by atoms with van der Waals surface area (Å²) in [7, 11) is 0. The molecule has 0 saturated carbocycles. The molecule has 0 radical (unpaired) electrons. The van der Waals surface area contributed by atoms with Gasteiger partial charge in [0.1, 0.15) is 12.2 Å². The minimum Gasteiger partial charge on any atom is -0.394 e. The van der Waals surface area contributed by atoms with Gasteiger partial charge in [-0.25, -0.2) is 0 Å². The molecular formula is C11H16O4. The molecule has 0 fully saturated rings. The van der Waals surface area contributed by atoms with Crippen molar-refractivity contribution in [3.63, 3.8) is 0 Å². The van der Waals surface area contributed by atoms with Gasteiger partial charge in [0.15, 0.2) is 0 Å². The van der Waals surface area contributed by atoms with Crippen molar-refractivity contribution >= 4 is 0 Å². The summed E-state index contributed by atoms with van der Waals surface area (Å²) < 4.78 is 0. The third-order valence-corrected chi connectivity index (χ3v) is 2.43. The number of aliphatic hydroxyl groups excluding tert-OH is 4. The quantitative estimate of drug-likeness (QED) is 0.560. The third kappa shape index (κ3) is 2.76. The Bertz CT molecular complexity index is 324. The molecule has 0 aliphatic rings. The van der Waals surface area contributed by atoms with Crippen LogP contribution in [0, 0.1) is 6.92 Å². The Morgan fingerprint density at radius 1 is 1.20 bits per heavy atom. The lowest BCUT2D eigenvalue weighted by molar-refractivity contribution is -0.0152. The number of aryl methyl sites for hydroxylation is 1. The van der Waals surface area contributed by atoms with Crippen LogP contribution in [0.15, 0.2) is 18.2 Å². The fraction of sp³-hybridized carbons (Fsp3) is 0.455. The highest BCUT2D eigenvalue weighted by atomic mass is 16.4. The Hall–Kier alpha value is -0.940. The molecular weight excluding hydrogens is 196 g/mol. The van der Waals surface area contributed by atoms with E-state index in [1.54, 1.807) is 18.2 Å². The van der Waals surface area contributed by atoms with Crippen LogP contribution in [0.5, 0.6) is 0 Å². The van der Waals surface area contributed by atoms with Gasteiger partial charge in [0.2, 0.25) is 0 Å². The first-order valence-electron chi connectivity index (χ1n) is 4.77. The number of benzene rings is 1. The summed E-state index contributed by atoms with van der Waals surface area (Å²) in [5.41, 5.74) is 2.16. The van der Waals surface area contributed by atoms with E-state index in [4.69, 9.17) is 10.2 Å². The van der Waals surface area contributed by atoms with Crippen molar-refractivity contribution in [1.82, 2.24) is 0 Å². The van der Waals surface area contributed by atoms with E-state index in [-0.39, 0.29) is 6.61 Å². The van der Waals surface area contributed by atoms with E-state index in [1.807, 2.05) is 6.92 Å². The standard InChI is InChI=1S/C11H16O4/c1-7-4-8(2-3-9(7)5-12)11(15)10(14)6-13/h2-4,10-15H,5-6H2,1H3. The first kappa shape index (κ1) is 12.1. The summed E-state index contributed by atoms with van der Waals surface area (Å²) in [6.45, 7) is 1.28. The molecule has 0 saturated heterocycles. The van der Waals surface area contributed by atoms with Crippen molar-refractivity contribution in [3.8, 4) is 0 Å². The molecule has 0 aliphatic carbocycles. The highest BCUT2D eigenvalue weighted by Crippen LogP contribution is 2.20. The SMILES string of the molecule is Cc1cc(C(O)C(O)CO)ccc1CO. The Kier molecular flexibility index (Phi) is 4.23. The first-order valence-corrected chi connectivity index (χ1v) is 4.77. The number of rotatable bonds is 4. The summed E-state index contributed by atoms with van der Waals surface area (Å²) in [5, 5.41) is 36.5. The molecule has 0 bridgehead atoms. The maximum absolute atomic E-state index is 9.60. The zero-order valence-electron chi connectivity index (χ0n) is 8.59. The van der Waals surface area contributed by atoms with Crippen LogP contribution in [0.3, 0.4) is 0 Å². The van der Waals surface area contributed by atoms with Crippen molar-refractivity contribution < 1.29 is 20.4 Å². The van der Waals surface area contributed by atoms with Crippen LogP contribution < -0.4 is 0 Å². The van der Waals surface area contributed by atoms with Gasteiger partial charge < -0.3 is 20.4 Å². The van der Waals surface area contributed by atoms with Crippen LogP contribution >= 0.6 is 0 Å². The van der Waals surface area contributed by atoms with Gasteiger partial charge in [0, 0.05) is 0 Å². The van der Waals surface area contributed by atoms with Gasteiger partial charge in [0.25, 0.3) is 0 Å². The molecule has 1 rings (SSSR count). The van der Waals surface area contributed by atoms with E-state index in [0.29, 0.717) is 5.56 Å². The van der Waals surface area contributed by atoms with E-state index >= 15 is 0 Å². The van der Waals surface area contributed by atoms with Crippen molar-refractivity contribution in [1.29, 1.82) is 0 Å². The Balaban J connectivity index is 2.92. The average molecular weight is 212 g/mol. The summed E-state index contributed by atoms with van der Waals surface area (Å²) in [5.74, 6) is 0. The predicted molar refractivity (Wildman–Crippen MR) is 55.2 cm³/mol. The molecule has 1 aromatic carbocycles. The predicted octanol–water partition coefficient (Wildman–Crippen LogP) is -0.126. The van der Waals surface area contributed by atoms with Crippen molar-refractivity contribution in [3.05, 3.63) is 34.9 Å². The van der Waals surface area contributed by atoms with E-state index in [2.05, 4.69) is 0 Å². The molecule has 1 aromatic rings. The fourth-order valence-corrected chi connectivity index (χ4v) is 1.40. The van der Waals surface area contributed by atoms with Crippen LogP contribution in [0.2, 0.25) is 0 Å². The van der Waals surface area contributed by atoms with Gasteiger partial charge >= 0.3 is 0 Å². The fourth-order valence-electron chi connectivity index (χ4n) is 1.40. The molecule has 4 nitrogen and oxygen atoms in total. The lowest BCUT2D eigenvalue weighted by atomic mass is 9.99. The summed E-state index contributed by atoms with van der Waals surface area (Å²) in [6, 6.07) is 5.01. The van der Waals surface area contributed by atoms with Gasteiger partial charge in [-0.2, -0.15) is 0 Å². The smallest absolute Gasteiger partial charge is 0.107 e. The molecule has 0 amide bonds. The second kappa shape index (κ2) is 5.23. The number of hydrogen-bond donors (Lipinski definition) is 4. The third-order valence-electron chi connectivity index (χ3n) is 2.43. The lowest BCUT2D eigenvalue weighted by Gasteiger charge is -2.17. The maximum atomic E-state index is 9.60. The van der Waals surface area contributed by atoms with Gasteiger partial charge in [-0.05, 0) is 23.6 Å². The van der Waals surface area contributed by atoms with Crippen LogP contribution in [-0.4, -0.2) is 33.1 Å². The van der Waals surface area contributed by atoms with Crippen molar-refractivity contribution in [2.45, 2.75) is 25.7 Å². The van der Waals surface area contributed by atoms with Crippen LogP contribution in [0.1, 0.15) is 22.8 Å². The monoisotopic (exact) mass is 212 g/mol. The summed E-state index contributed by atoms with van der Waals surface area (Å²) >= 11 is 0. The van der Waals surface area contributed by atoms with E-state index < -0.39 is 18.8 Å². The molecule has 4 heteroatoms. The molecule has 2 unspecified atom stereocenters. The molecule has 0 aliphatic heterocycles. The minimum atomic E-state index is -1.18. The van der Waals surface area contributed by atoms with Crippen LogP contribution in [0.4, 0.5) is 0 Å². The van der Waals surface area contributed by atoms with E-state index in [1.165, 1.54) is 0 Å². The molecule has 84 valence electrons. The second-order valence-corrected chi connectivity index (χ2v) is 3.54. The molecule has 0 spiro atoms. The molecule has 4 N–H and O–H groups in total. The van der Waals surface area contributed by atoms with Crippen molar-refractivity contribution in [2.24, 2.45) is 0 Å². The zero-order valence-corrected chi connectivity index (χ0v) is 8.59. The van der Waals surface area contributed by atoms with Crippen LogP contribution in [0.25, 0.3) is 0 Å². The Morgan fingerprint density at radius 2 is 1.87 bits per heavy atom. The highest BCUT2D eigenvalue weighted by molar-refractivity contribution is 5.32. The zero-order chi connectivity index (χ0) is 11.4. The molecule has 15 heavy (non-hydrogen) atoms. The van der Waals surface area contributed by atoms with Crippen molar-refractivity contribution in [2.75, 3.05) is 6.61 Å². The van der Waals surface area contributed by atoms with Gasteiger partial charge in [-0.3, -0.25) is 0 Å². The topological polar surface area (TPSA) is 80.9 Å². The Morgan fingerprint density at radius 3 is 2.33 bits per heavy atom. The Labute approximate surface area is 88.4 Å². The normalized spacial score (nSPS) is 15.0. The van der Waals surface area contributed by atoms with Crippen LogP contribution in [-0.2, 0) is 6.61 Å². The average Bonchev–Trinajstić information content (AvgIpc) is 2.26. The maximum Gasteiger partial charge on any atom is 0.107 e. The van der Waals surface area contributed by atoms with Gasteiger partial charge in [-0.15, -0.1) is 0 Å². The minimum absolute atomic E-state index is 0.0508. The largest absolute Gasteiger partial charge is 0.394 e. The van der Waals surface area contributed by atoms with E-state index in [0.717, 1.165) is 11.1 Å². The van der Waals surface area contributed by atoms with Gasteiger partial charge in [0.05, 0.1) is 13.2 Å². The summed E-state index contributed by atoms with van der Waals surface area (Å²) in [4.78, 5) is 0. The molecule has 0 aromatic heterocycles.